The topological polar surface area (TPSA) is 80.2 Å². The van der Waals surface area contributed by atoms with Crippen LogP contribution in [0.3, 0.4) is 0 Å². The number of pyridine rings is 1. The molecule has 0 unspecified atom stereocenters. The molecule has 122 valence electrons. The second-order valence-electron chi connectivity index (χ2n) is 5.20. The highest BCUT2D eigenvalue weighted by atomic mass is 16.5. The van der Waals surface area contributed by atoms with Crippen molar-refractivity contribution in [3.8, 4) is 23.0 Å². The van der Waals surface area contributed by atoms with Crippen LogP contribution in [-0.2, 0) is 6.42 Å². The van der Waals surface area contributed by atoms with Crippen molar-refractivity contribution in [3.05, 3.63) is 60.4 Å². The van der Waals surface area contributed by atoms with Crippen LogP contribution >= 0.6 is 0 Å². The number of aromatic nitrogens is 3. The molecule has 3 rings (SSSR count). The van der Waals surface area contributed by atoms with E-state index in [0.717, 1.165) is 29.9 Å². The molecule has 0 saturated heterocycles. The predicted molar refractivity (Wildman–Crippen MR) is 92.1 cm³/mol. The highest BCUT2D eigenvalue weighted by Gasteiger charge is 2.04. The van der Waals surface area contributed by atoms with Crippen molar-refractivity contribution in [1.29, 1.82) is 0 Å². The summed E-state index contributed by atoms with van der Waals surface area (Å²) in [4.78, 5) is 13.0. The largest absolute Gasteiger partial charge is 0.508 e. The summed E-state index contributed by atoms with van der Waals surface area (Å²) < 4.78 is 5.05. The fraction of sp³-hybridized carbons (Fsp3) is 0.167. The summed E-state index contributed by atoms with van der Waals surface area (Å²) in [5, 5.41) is 12.6. The average Bonchev–Trinajstić information content (AvgIpc) is 2.64. The quantitative estimate of drug-likeness (QED) is 0.726. The van der Waals surface area contributed by atoms with E-state index >= 15 is 0 Å². The second-order valence-corrected chi connectivity index (χ2v) is 5.20. The highest BCUT2D eigenvalue weighted by Crippen LogP contribution is 2.17. The predicted octanol–water partition coefficient (Wildman–Crippen LogP) is 2.91. The number of anilines is 1. The Morgan fingerprint density at radius 3 is 2.58 bits per heavy atom. The second kappa shape index (κ2) is 7.41. The van der Waals surface area contributed by atoms with Crippen molar-refractivity contribution < 1.29 is 9.84 Å². The van der Waals surface area contributed by atoms with Crippen LogP contribution in [0.25, 0.3) is 11.4 Å². The molecule has 0 atom stereocenters. The van der Waals surface area contributed by atoms with E-state index in [1.54, 1.807) is 37.7 Å². The first-order chi connectivity index (χ1) is 11.7. The van der Waals surface area contributed by atoms with Gasteiger partial charge in [0.25, 0.3) is 0 Å². The lowest BCUT2D eigenvalue weighted by Crippen LogP contribution is -2.07. The number of nitrogens with one attached hydrogen (secondary N) is 1. The molecule has 2 aromatic heterocycles. The number of rotatable bonds is 6. The maximum absolute atomic E-state index is 9.29. The van der Waals surface area contributed by atoms with Crippen LogP contribution in [0.2, 0.25) is 0 Å². The van der Waals surface area contributed by atoms with Gasteiger partial charge in [0.2, 0.25) is 5.88 Å². The zero-order chi connectivity index (χ0) is 16.8. The van der Waals surface area contributed by atoms with Gasteiger partial charge < -0.3 is 15.2 Å². The molecule has 0 saturated carbocycles. The Labute approximate surface area is 140 Å². The number of aromatic hydroxyl groups is 1. The Morgan fingerprint density at radius 2 is 1.88 bits per heavy atom. The average molecular weight is 322 g/mol. The van der Waals surface area contributed by atoms with Gasteiger partial charge in [-0.25, -0.2) is 15.0 Å². The summed E-state index contributed by atoms with van der Waals surface area (Å²) in [6.07, 6.45) is 4.24. The van der Waals surface area contributed by atoms with Crippen molar-refractivity contribution in [2.75, 3.05) is 19.0 Å². The zero-order valence-electron chi connectivity index (χ0n) is 13.3. The molecular formula is C18H18N4O2. The van der Waals surface area contributed by atoms with Gasteiger partial charge in [0.1, 0.15) is 11.6 Å². The molecule has 3 aromatic rings. The number of benzene rings is 1. The molecule has 0 radical (unpaired) electrons. The van der Waals surface area contributed by atoms with Gasteiger partial charge in [-0.2, -0.15) is 0 Å². The minimum Gasteiger partial charge on any atom is -0.508 e. The smallest absolute Gasteiger partial charge is 0.212 e. The molecule has 1 aromatic carbocycles. The summed E-state index contributed by atoms with van der Waals surface area (Å²) >= 11 is 0. The number of ether oxygens (including phenoxy) is 1. The summed E-state index contributed by atoms with van der Waals surface area (Å²) in [5.74, 6) is 2.21. The van der Waals surface area contributed by atoms with E-state index < -0.39 is 0 Å². The molecule has 6 heteroatoms. The Balaban J connectivity index is 1.63. The number of methoxy groups -OCH3 is 1. The lowest BCUT2D eigenvalue weighted by molar-refractivity contribution is 0.398. The van der Waals surface area contributed by atoms with Gasteiger partial charge in [0.05, 0.1) is 7.11 Å². The molecular weight excluding hydrogens is 304 g/mol. The normalized spacial score (nSPS) is 10.4. The minimum absolute atomic E-state index is 0.278. The van der Waals surface area contributed by atoms with E-state index in [4.69, 9.17) is 4.74 Å². The van der Waals surface area contributed by atoms with E-state index in [0.29, 0.717) is 11.7 Å². The third kappa shape index (κ3) is 3.98. The fourth-order valence-electron chi connectivity index (χ4n) is 2.23. The Morgan fingerprint density at radius 1 is 1.04 bits per heavy atom. The molecule has 24 heavy (non-hydrogen) atoms. The lowest BCUT2D eigenvalue weighted by atomic mass is 10.1. The maximum Gasteiger partial charge on any atom is 0.212 e. The molecule has 2 heterocycles. The number of hydrogen-bond acceptors (Lipinski definition) is 6. The third-order valence-corrected chi connectivity index (χ3v) is 3.52. The zero-order valence-corrected chi connectivity index (χ0v) is 13.3. The van der Waals surface area contributed by atoms with Gasteiger partial charge in [0, 0.05) is 30.6 Å². The Hall–Kier alpha value is -3.15. The minimum atomic E-state index is 0.278. The van der Waals surface area contributed by atoms with Crippen LogP contribution in [0.15, 0.2) is 54.9 Å². The highest BCUT2D eigenvalue weighted by molar-refractivity contribution is 5.56. The van der Waals surface area contributed by atoms with Crippen LogP contribution in [-0.4, -0.2) is 33.7 Å². The molecule has 0 bridgehead atoms. The first kappa shape index (κ1) is 15.7. The van der Waals surface area contributed by atoms with Crippen molar-refractivity contribution in [3.63, 3.8) is 0 Å². The summed E-state index contributed by atoms with van der Waals surface area (Å²) in [6, 6.07) is 12.7. The molecule has 0 spiro atoms. The third-order valence-electron chi connectivity index (χ3n) is 3.52. The number of nitrogens with zero attached hydrogens (tertiary/aromatic N) is 3. The van der Waals surface area contributed by atoms with Crippen LogP contribution < -0.4 is 10.1 Å². The Kier molecular flexibility index (Phi) is 4.86. The van der Waals surface area contributed by atoms with Crippen molar-refractivity contribution >= 4 is 5.82 Å². The maximum atomic E-state index is 9.29. The molecule has 0 aliphatic carbocycles. The first-order valence-corrected chi connectivity index (χ1v) is 7.60. The van der Waals surface area contributed by atoms with Crippen LogP contribution in [0.1, 0.15) is 5.56 Å². The summed E-state index contributed by atoms with van der Waals surface area (Å²) in [5.41, 5.74) is 1.98. The van der Waals surface area contributed by atoms with Crippen molar-refractivity contribution in [2.24, 2.45) is 0 Å². The number of phenols is 1. The number of phenolic OH excluding ortho intramolecular Hbond substituents is 1. The molecule has 0 aliphatic heterocycles. The van der Waals surface area contributed by atoms with Gasteiger partial charge in [-0.15, -0.1) is 0 Å². The van der Waals surface area contributed by atoms with Crippen LogP contribution in [0.4, 0.5) is 5.82 Å². The summed E-state index contributed by atoms with van der Waals surface area (Å²) in [7, 11) is 1.58. The molecule has 0 aliphatic rings. The van der Waals surface area contributed by atoms with Crippen LogP contribution in [0.5, 0.6) is 11.6 Å². The fourth-order valence-corrected chi connectivity index (χ4v) is 2.23. The SMILES string of the molecule is COc1ccc(-c2nccc(NCCc3ccc(O)cc3)n2)cn1. The van der Waals surface area contributed by atoms with Gasteiger partial charge in [-0.05, 0) is 36.2 Å². The van der Waals surface area contributed by atoms with E-state index in [2.05, 4.69) is 20.3 Å². The van der Waals surface area contributed by atoms with Crippen molar-refractivity contribution in [2.45, 2.75) is 6.42 Å². The van der Waals surface area contributed by atoms with E-state index in [9.17, 15) is 5.11 Å². The summed E-state index contributed by atoms with van der Waals surface area (Å²) in [6.45, 7) is 0.738. The van der Waals surface area contributed by atoms with Gasteiger partial charge in [0.15, 0.2) is 5.82 Å². The molecule has 2 N–H and O–H groups in total. The Bertz CT molecular complexity index is 789. The molecule has 0 amide bonds. The van der Waals surface area contributed by atoms with E-state index in [1.165, 1.54) is 0 Å². The van der Waals surface area contributed by atoms with E-state index in [1.807, 2.05) is 24.3 Å². The van der Waals surface area contributed by atoms with Gasteiger partial charge in [-0.1, -0.05) is 12.1 Å². The molecule has 0 fully saturated rings. The van der Waals surface area contributed by atoms with Gasteiger partial charge in [-0.3, -0.25) is 0 Å². The van der Waals surface area contributed by atoms with E-state index in [-0.39, 0.29) is 5.75 Å². The van der Waals surface area contributed by atoms with Crippen LogP contribution in [0, 0.1) is 0 Å². The molecule has 6 nitrogen and oxygen atoms in total. The van der Waals surface area contributed by atoms with Gasteiger partial charge >= 0.3 is 0 Å². The van der Waals surface area contributed by atoms with Crippen molar-refractivity contribution in [1.82, 2.24) is 15.0 Å². The lowest BCUT2D eigenvalue weighted by Gasteiger charge is -2.07. The monoisotopic (exact) mass is 322 g/mol. The number of hydrogen-bond donors (Lipinski definition) is 2. The first-order valence-electron chi connectivity index (χ1n) is 7.60. The standard InChI is InChI=1S/C18H18N4O2/c1-24-17-7-4-14(12-21-17)18-20-11-9-16(22-18)19-10-8-13-2-5-15(23)6-3-13/h2-7,9,11-12,23H,8,10H2,1H3,(H,19,20,22).